The van der Waals surface area contributed by atoms with Crippen LogP contribution in [-0.2, 0) is 0 Å². The maximum absolute atomic E-state index is 10.3. The van der Waals surface area contributed by atoms with Crippen molar-refractivity contribution in [1.82, 2.24) is 10.3 Å². The van der Waals surface area contributed by atoms with E-state index in [9.17, 15) is 10.4 Å². The van der Waals surface area contributed by atoms with Gasteiger partial charge in [0, 0.05) is 17.8 Å². The van der Waals surface area contributed by atoms with E-state index in [0.29, 0.717) is 22.6 Å². The Hall–Kier alpha value is -3.36. The predicted octanol–water partition coefficient (Wildman–Crippen LogP) is 4.54. The quantitative estimate of drug-likeness (QED) is 0.628. The van der Waals surface area contributed by atoms with Crippen LogP contribution in [0, 0.1) is 11.3 Å². The lowest BCUT2D eigenvalue weighted by atomic mass is 9.88. The lowest BCUT2D eigenvalue weighted by Crippen LogP contribution is -2.29. The summed E-state index contributed by atoms with van der Waals surface area (Å²) in [6.07, 6.45) is 2.10. The maximum Gasteiger partial charge on any atom is 0.149 e. The summed E-state index contributed by atoms with van der Waals surface area (Å²) in [6, 6.07) is 21.2. The van der Waals surface area contributed by atoms with Crippen molar-refractivity contribution in [2.45, 2.75) is 18.8 Å². The van der Waals surface area contributed by atoms with Crippen LogP contribution in [0.3, 0.4) is 0 Å². The standard InChI is InChI=1S/C23H22N4O/c24-14-20-19(16-7-6-12-25-15-16)13-21(18-10-4-5-11-22(18)28)27-23(20)26-17-8-2-1-3-9-17/h1-5,8-11,13,16,25,28H,6-7,12,15H2,(H,26,27). The lowest BCUT2D eigenvalue weighted by Gasteiger charge is -2.25. The van der Waals surface area contributed by atoms with E-state index in [1.165, 1.54) is 0 Å². The van der Waals surface area contributed by atoms with Crippen LogP contribution in [0.15, 0.2) is 60.7 Å². The van der Waals surface area contributed by atoms with Gasteiger partial charge in [-0.05, 0) is 61.2 Å². The lowest BCUT2D eigenvalue weighted by molar-refractivity contribution is 0.461. The Labute approximate surface area is 164 Å². The number of aromatic hydroxyl groups is 1. The molecule has 0 bridgehead atoms. The number of pyridine rings is 1. The van der Waals surface area contributed by atoms with Gasteiger partial charge in [-0.15, -0.1) is 0 Å². The van der Waals surface area contributed by atoms with Crippen LogP contribution in [0.1, 0.15) is 29.9 Å². The van der Waals surface area contributed by atoms with E-state index in [1.54, 1.807) is 12.1 Å². The third-order valence-electron chi connectivity index (χ3n) is 5.11. The molecule has 0 radical (unpaired) electrons. The smallest absolute Gasteiger partial charge is 0.149 e. The van der Waals surface area contributed by atoms with Crippen molar-refractivity contribution in [2.75, 3.05) is 18.4 Å². The van der Waals surface area contributed by atoms with Crippen molar-refractivity contribution in [2.24, 2.45) is 0 Å². The molecule has 1 aliphatic heterocycles. The molecule has 3 N–H and O–H groups in total. The van der Waals surface area contributed by atoms with Crippen LogP contribution < -0.4 is 10.6 Å². The number of rotatable bonds is 4. The Morgan fingerprint density at radius 2 is 1.89 bits per heavy atom. The number of phenolic OH excluding ortho intramolecular Hbond substituents is 1. The van der Waals surface area contributed by atoms with Crippen LogP contribution in [0.25, 0.3) is 11.3 Å². The Balaban J connectivity index is 1.86. The number of phenols is 1. The molecule has 1 unspecified atom stereocenters. The molecule has 1 atom stereocenters. The van der Waals surface area contributed by atoms with Gasteiger partial charge < -0.3 is 15.7 Å². The molecule has 28 heavy (non-hydrogen) atoms. The summed E-state index contributed by atoms with van der Waals surface area (Å²) < 4.78 is 0. The van der Waals surface area contributed by atoms with Crippen molar-refractivity contribution in [3.05, 3.63) is 71.8 Å². The minimum absolute atomic E-state index is 0.179. The Kier molecular flexibility index (Phi) is 5.22. The molecule has 3 aromatic rings. The summed E-state index contributed by atoms with van der Waals surface area (Å²) in [7, 11) is 0. The number of nitrogens with one attached hydrogen (secondary N) is 2. The zero-order chi connectivity index (χ0) is 19.3. The second-order valence-corrected chi connectivity index (χ2v) is 6.98. The molecule has 2 heterocycles. The SMILES string of the molecule is N#Cc1c(C2CCCNC2)cc(-c2ccccc2O)nc1Nc1ccccc1. The predicted molar refractivity (Wildman–Crippen MR) is 111 cm³/mol. The van der Waals surface area contributed by atoms with Gasteiger partial charge in [-0.25, -0.2) is 4.98 Å². The maximum atomic E-state index is 10.3. The monoisotopic (exact) mass is 370 g/mol. The van der Waals surface area contributed by atoms with E-state index in [4.69, 9.17) is 4.98 Å². The van der Waals surface area contributed by atoms with Gasteiger partial charge in [-0.3, -0.25) is 0 Å². The number of aromatic nitrogens is 1. The minimum Gasteiger partial charge on any atom is -0.507 e. The first-order valence-corrected chi connectivity index (χ1v) is 9.52. The summed E-state index contributed by atoms with van der Waals surface area (Å²) >= 11 is 0. The number of hydrogen-bond acceptors (Lipinski definition) is 5. The first-order chi connectivity index (χ1) is 13.8. The van der Waals surface area contributed by atoms with E-state index >= 15 is 0 Å². The fourth-order valence-corrected chi connectivity index (χ4v) is 3.70. The molecule has 0 spiro atoms. The molecule has 0 aliphatic carbocycles. The van der Waals surface area contributed by atoms with Gasteiger partial charge in [0.2, 0.25) is 0 Å². The number of nitriles is 1. The topological polar surface area (TPSA) is 81.0 Å². The van der Waals surface area contributed by atoms with Crippen molar-refractivity contribution in [1.29, 1.82) is 5.26 Å². The fraction of sp³-hybridized carbons (Fsp3) is 0.217. The van der Waals surface area contributed by atoms with Crippen LogP contribution in [0.5, 0.6) is 5.75 Å². The van der Waals surface area contributed by atoms with Gasteiger partial charge in [0.15, 0.2) is 0 Å². The number of para-hydroxylation sites is 2. The highest BCUT2D eigenvalue weighted by atomic mass is 16.3. The summed E-state index contributed by atoms with van der Waals surface area (Å²) in [6.45, 7) is 1.84. The third kappa shape index (κ3) is 3.68. The average molecular weight is 370 g/mol. The highest BCUT2D eigenvalue weighted by molar-refractivity contribution is 5.74. The van der Waals surface area contributed by atoms with E-state index in [-0.39, 0.29) is 11.7 Å². The van der Waals surface area contributed by atoms with Crippen LogP contribution >= 0.6 is 0 Å². The molecule has 4 rings (SSSR count). The summed E-state index contributed by atoms with van der Waals surface area (Å²) in [4.78, 5) is 4.71. The normalized spacial score (nSPS) is 16.3. The van der Waals surface area contributed by atoms with Gasteiger partial charge in [-0.1, -0.05) is 30.3 Å². The van der Waals surface area contributed by atoms with Crippen molar-refractivity contribution < 1.29 is 5.11 Å². The van der Waals surface area contributed by atoms with Crippen molar-refractivity contribution >= 4 is 11.5 Å². The minimum atomic E-state index is 0.179. The van der Waals surface area contributed by atoms with E-state index in [2.05, 4.69) is 16.7 Å². The number of hydrogen-bond donors (Lipinski definition) is 3. The highest BCUT2D eigenvalue weighted by Gasteiger charge is 2.23. The largest absolute Gasteiger partial charge is 0.507 e. The highest BCUT2D eigenvalue weighted by Crippen LogP contribution is 2.36. The van der Waals surface area contributed by atoms with Gasteiger partial charge in [0.05, 0.1) is 11.3 Å². The zero-order valence-corrected chi connectivity index (χ0v) is 15.5. The first kappa shape index (κ1) is 18.0. The number of piperidine rings is 1. The first-order valence-electron chi connectivity index (χ1n) is 9.52. The Morgan fingerprint density at radius 3 is 2.61 bits per heavy atom. The van der Waals surface area contributed by atoms with Crippen LogP contribution in [0.2, 0.25) is 0 Å². The summed E-state index contributed by atoms with van der Waals surface area (Å²) in [5.74, 6) is 0.945. The fourth-order valence-electron chi connectivity index (χ4n) is 3.70. The molecule has 2 aromatic carbocycles. The summed E-state index contributed by atoms with van der Waals surface area (Å²) in [5, 5.41) is 27.0. The molecule has 0 saturated carbocycles. The molecule has 140 valence electrons. The molecular formula is C23H22N4O. The average Bonchev–Trinajstić information content (AvgIpc) is 2.75. The third-order valence-corrected chi connectivity index (χ3v) is 5.11. The van der Waals surface area contributed by atoms with E-state index < -0.39 is 0 Å². The molecule has 5 nitrogen and oxygen atoms in total. The molecule has 1 fully saturated rings. The molecule has 1 aliphatic rings. The molecule has 5 heteroatoms. The van der Waals surface area contributed by atoms with Crippen molar-refractivity contribution in [3.63, 3.8) is 0 Å². The van der Waals surface area contributed by atoms with Gasteiger partial charge >= 0.3 is 0 Å². The Bertz CT molecular complexity index is 1000. The van der Waals surface area contributed by atoms with Gasteiger partial charge in [0.25, 0.3) is 0 Å². The second-order valence-electron chi connectivity index (χ2n) is 6.98. The second kappa shape index (κ2) is 8.12. The summed E-state index contributed by atoms with van der Waals surface area (Å²) in [5.41, 5.74) is 3.73. The zero-order valence-electron chi connectivity index (χ0n) is 15.5. The number of nitrogens with zero attached hydrogens (tertiary/aromatic N) is 2. The molecule has 1 aromatic heterocycles. The van der Waals surface area contributed by atoms with Crippen LogP contribution in [0.4, 0.5) is 11.5 Å². The van der Waals surface area contributed by atoms with E-state index in [1.807, 2.05) is 48.5 Å². The molecule has 0 amide bonds. The van der Waals surface area contributed by atoms with Crippen molar-refractivity contribution in [3.8, 4) is 23.1 Å². The Morgan fingerprint density at radius 1 is 1.11 bits per heavy atom. The van der Waals surface area contributed by atoms with E-state index in [0.717, 1.165) is 37.2 Å². The van der Waals surface area contributed by atoms with Gasteiger partial charge in [-0.2, -0.15) is 5.26 Å². The van der Waals surface area contributed by atoms with Crippen LogP contribution in [-0.4, -0.2) is 23.2 Å². The number of anilines is 2. The van der Waals surface area contributed by atoms with Gasteiger partial charge in [0.1, 0.15) is 17.6 Å². The molecule has 1 saturated heterocycles. The number of benzene rings is 2. The molecular weight excluding hydrogens is 348 g/mol.